The molecule has 2 aromatic rings. The smallest absolute Gasteiger partial charge is 0.235 e. The van der Waals surface area contributed by atoms with Crippen molar-refractivity contribution in [2.24, 2.45) is 29.4 Å². The molecule has 2 unspecified atom stereocenters. The Morgan fingerprint density at radius 2 is 1.85 bits per heavy atom. The van der Waals surface area contributed by atoms with Gasteiger partial charge >= 0.3 is 0 Å². The van der Waals surface area contributed by atoms with E-state index >= 15 is 0 Å². The molecule has 6 rings (SSSR count). The first kappa shape index (κ1) is 26.5. The molecule has 4 aliphatic rings. The van der Waals surface area contributed by atoms with Gasteiger partial charge < -0.3 is 25.7 Å². The molecule has 1 amide bonds. The molecule has 6 atom stereocenters. The molecule has 1 aromatic carbocycles. The van der Waals surface area contributed by atoms with Crippen LogP contribution in [0.15, 0.2) is 28.7 Å². The summed E-state index contributed by atoms with van der Waals surface area (Å²) in [5.74, 6) is -9.44. The summed E-state index contributed by atoms with van der Waals surface area (Å²) in [6.07, 6.45) is 2.43. The second-order valence-corrected chi connectivity index (χ2v) is 11.7. The zero-order valence-corrected chi connectivity index (χ0v) is 22.2. The third-order valence-corrected chi connectivity index (χ3v) is 9.01. The fourth-order valence-corrected chi connectivity index (χ4v) is 6.99. The van der Waals surface area contributed by atoms with Crippen LogP contribution in [0.2, 0.25) is 0 Å². The highest BCUT2D eigenvalue weighted by Crippen LogP contribution is 2.51. The number of benzene rings is 1. The van der Waals surface area contributed by atoms with E-state index in [0.29, 0.717) is 29.5 Å². The Balaban J connectivity index is 1.41. The molecule has 0 bridgehead atoms. The molecule has 3 fully saturated rings. The fourth-order valence-electron chi connectivity index (χ4n) is 6.99. The van der Waals surface area contributed by atoms with Gasteiger partial charge in [0, 0.05) is 17.5 Å². The van der Waals surface area contributed by atoms with E-state index in [1.165, 1.54) is 11.0 Å². The molecule has 11 heteroatoms. The van der Waals surface area contributed by atoms with E-state index in [1.54, 1.807) is 26.2 Å². The van der Waals surface area contributed by atoms with Gasteiger partial charge in [-0.25, -0.2) is 0 Å². The lowest BCUT2D eigenvalue weighted by Crippen LogP contribution is -2.74. The Bertz CT molecular complexity index is 1470. The number of phenols is 1. The molecular weight excluding hydrogens is 518 g/mol. The van der Waals surface area contributed by atoms with Gasteiger partial charge in [-0.05, 0) is 75.5 Å². The number of primary amides is 1. The minimum Gasteiger partial charge on any atom is -0.507 e. The third kappa shape index (κ3) is 3.79. The summed E-state index contributed by atoms with van der Waals surface area (Å²) >= 11 is 0. The van der Waals surface area contributed by atoms with Crippen LogP contribution in [-0.4, -0.2) is 75.9 Å². The van der Waals surface area contributed by atoms with Crippen LogP contribution in [0.5, 0.6) is 5.75 Å². The number of Topliss-reactive ketones (excluding diaryl/α,β-unsaturated/α-hetero) is 4. The first-order valence-electron chi connectivity index (χ1n) is 13.5. The van der Waals surface area contributed by atoms with Crippen LogP contribution in [0.3, 0.4) is 0 Å². The number of nitrogens with zero attached hydrogens (tertiary/aromatic N) is 1. The number of carbonyl (C=O) groups excluding carboxylic acids is 5. The van der Waals surface area contributed by atoms with Gasteiger partial charge in [-0.15, -0.1) is 0 Å². The number of aliphatic hydroxyl groups is 1. The number of phenolic OH excluding ortho intramolecular Hbond substituents is 1. The number of aromatic hydroxyl groups is 1. The SMILES string of the molecule is CN(C)[C@@H]1C(=O)C(C(N)=O)C(=O)[C@@]2(O)C(=O)C3C(=O)c4c(O)ccc(-c5ccc(CNC6CC6)o5)c4C[C@H]3C[C@@H]12. The van der Waals surface area contributed by atoms with E-state index in [2.05, 4.69) is 5.32 Å². The zero-order valence-electron chi connectivity index (χ0n) is 22.2. The van der Waals surface area contributed by atoms with Crippen LogP contribution in [0.25, 0.3) is 11.3 Å². The maximum atomic E-state index is 13.9. The molecule has 210 valence electrons. The highest BCUT2D eigenvalue weighted by Gasteiger charge is 2.69. The lowest BCUT2D eigenvalue weighted by molar-refractivity contribution is -0.181. The Morgan fingerprint density at radius 1 is 1.12 bits per heavy atom. The molecule has 5 N–H and O–H groups in total. The molecule has 40 heavy (non-hydrogen) atoms. The van der Waals surface area contributed by atoms with E-state index in [0.717, 1.165) is 18.6 Å². The summed E-state index contributed by atoms with van der Waals surface area (Å²) in [5.41, 5.74) is 3.66. The predicted octanol–water partition coefficient (Wildman–Crippen LogP) is 0.379. The first-order chi connectivity index (χ1) is 18.9. The lowest BCUT2D eigenvalue weighted by atomic mass is 9.52. The molecule has 0 spiro atoms. The standard InChI is InChI=1S/C29H31N3O8/c1-32(2)23-17-10-12-9-16-15(19-8-5-14(40-19)11-31-13-3-4-13)6-7-18(33)21(16)24(34)20(12)26(36)29(17,39)27(37)22(25(23)35)28(30)38/h5-8,12-13,17,20,22-23,31,33,39H,3-4,9-11H2,1-2H3,(H2,30,38)/t12-,17-,20?,22?,23-,29-/m0/s1. The number of furan rings is 1. The lowest BCUT2D eigenvalue weighted by Gasteiger charge is -2.52. The quantitative estimate of drug-likeness (QED) is 0.368. The highest BCUT2D eigenvalue weighted by molar-refractivity contribution is 6.32. The molecule has 1 aromatic heterocycles. The van der Waals surface area contributed by atoms with Gasteiger partial charge in [0.2, 0.25) is 5.91 Å². The van der Waals surface area contributed by atoms with Gasteiger partial charge in [0.1, 0.15) is 17.3 Å². The Kier molecular flexibility index (Phi) is 6.10. The molecule has 0 radical (unpaired) electrons. The van der Waals surface area contributed by atoms with Gasteiger partial charge in [-0.2, -0.15) is 0 Å². The number of nitrogens with one attached hydrogen (secondary N) is 1. The minimum atomic E-state index is -2.74. The highest BCUT2D eigenvalue weighted by atomic mass is 16.3. The largest absolute Gasteiger partial charge is 0.507 e. The maximum absolute atomic E-state index is 13.9. The summed E-state index contributed by atoms with van der Waals surface area (Å²) in [6.45, 7) is 0.559. The Hall–Kier alpha value is -3.67. The number of likely N-dealkylation sites (N-methyl/N-ethyl adjacent to an activating group) is 1. The van der Waals surface area contributed by atoms with Crippen LogP contribution in [-0.2, 0) is 32.1 Å². The van der Waals surface area contributed by atoms with Crippen LogP contribution in [0.4, 0.5) is 0 Å². The van der Waals surface area contributed by atoms with Gasteiger partial charge in [-0.1, -0.05) is 0 Å². The van der Waals surface area contributed by atoms with Crippen molar-refractivity contribution in [2.45, 2.75) is 49.9 Å². The molecular formula is C29H31N3O8. The average Bonchev–Trinajstić information content (AvgIpc) is 3.60. The number of carbonyl (C=O) groups is 5. The number of fused-ring (bicyclic) bond motifs is 3. The van der Waals surface area contributed by atoms with Crippen LogP contribution in [0, 0.1) is 23.7 Å². The van der Waals surface area contributed by atoms with Crippen molar-refractivity contribution in [1.29, 1.82) is 0 Å². The maximum Gasteiger partial charge on any atom is 0.235 e. The van der Waals surface area contributed by atoms with Crippen LogP contribution < -0.4 is 11.1 Å². The van der Waals surface area contributed by atoms with Crippen molar-refractivity contribution < 1.29 is 38.6 Å². The molecule has 3 saturated carbocycles. The number of amides is 1. The number of hydrogen-bond donors (Lipinski definition) is 4. The monoisotopic (exact) mass is 549 g/mol. The number of rotatable bonds is 6. The van der Waals surface area contributed by atoms with E-state index < -0.39 is 64.4 Å². The third-order valence-electron chi connectivity index (χ3n) is 9.01. The molecule has 11 nitrogen and oxygen atoms in total. The first-order valence-corrected chi connectivity index (χ1v) is 13.5. The van der Waals surface area contributed by atoms with E-state index in [9.17, 15) is 34.2 Å². The summed E-state index contributed by atoms with van der Waals surface area (Å²) in [4.78, 5) is 67.9. The minimum absolute atomic E-state index is 0.00625. The fraction of sp³-hybridized carbons (Fsp3) is 0.483. The normalized spacial score (nSPS) is 31.6. The van der Waals surface area contributed by atoms with Crippen molar-refractivity contribution in [3.63, 3.8) is 0 Å². The van der Waals surface area contributed by atoms with Crippen molar-refractivity contribution in [3.8, 4) is 17.1 Å². The van der Waals surface area contributed by atoms with E-state index in [4.69, 9.17) is 10.2 Å². The number of ketones is 4. The molecule has 0 saturated heterocycles. The second kappa shape index (κ2) is 9.18. The van der Waals surface area contributed by atoms with Crippen molar-refractivity contribution in [1.82, 2.24) is 10.2 Å². The van der Waals surface area contributed by atoms with Crippen LogP contribution in [0.1, 0.15) is 40.9 Å². The molecule has 4 aliphatic carbocycles. The zero-order chi connectivity index (χ0) is 28.7. The Morgan fingerprint density at radius 3 is 2.50 bits per heavy atom. The number of nitrogens with two attached hydrogens (primary N) is 1. The molecule has 1 heterocycles. The van der Waals surface area contributed by atoms with E-state index in [1.807, 2.05) is 6.07 Å². The van der Waals surface area contributed by atoms with Gasteiger partial charge in [0.25, 0.3) is 0 Å². The topological polar surface area (TPSA) is 180 Å². The second-order valence-electron chi connectivity index (χ2n) is 11.7. The molecule has 0 aliphatic heterocycles. The van der Waals surface area contributed by atoms with Crippen molar-refractivity contribution in [2.75, 3.05) is 14.1 Å². The van der Waals surface area contributed by atoms with Crippen molar-refractivity contribution >= 4 is 29.0 Å². The van der Waals surface area contributed by atoms with Gasteiger partial charge in [0.05, 0.1) is 24.1 Å². The van der Waals surface area contributed by atoms with E-state index in [-0.39, 0.29) is 24.2 Å². The van der Waals surface area contributed by atoms with Crippen LogP contribution >= 0.6 is 0 Å². The predicted molar refractivity (Wildman–Crippen MR) is 139 cm³/mol. The van der Waals surface area contributed by atoms with Crippen molar-refractivity contribution in [3.05, 3.63) is 41.2 Å². The van der Waals surface area contributed by atoms with Gasteiger partial charge in [0.15, 0.2) is 34.7 Å². The summed E-state index contributed by atoms with van der Waals surface area (Å²) in [5, 5.41) is 25.8. The summed E-state index contributed by atoms with van der Waals surface area (Å²) in [7, 11) is 3.11. The summed E-state index contributed by atoms with van der Waals surface area (Å²) in [6, 6.07) is 6.01. The average molecular weight is 550 g/mol. The van der Waals surface area contributed by atoms with Gasteiger partial charge in [-0.3, -0.25) is 28.9 Å². The summed E-state index contributed by atoms with van der Waals surface area (Å²) < 4.78 is 6.06. The Labute approximate surface area is 229 Å². The number of hydrogen-bond acceptors (Lipinski definition) is 10.